The summed E-state index contributed by atoms with van der Waals surface area (Å²) >= 11 is 1.54. The number of hydrogen-bond acceptors (Lipinski definition) is 8. The lowest BCUT2D eigenvalue weighted by molar-refractivity contribution is 0.121. The number of anilines is 1. The van der Waals surface area contributed by atoms with Gasteiger partial charge in [-0.3, -0.25) is 13.9 Å². The van der Waals surface area contributed by atoms with Crippen LogP contribution in [0, 0.1) is 13.8 Å². The van der Waals surface area contributed by atoms with Crippen LogP contribution in [0.25, 0.3) is 11.2 Å². The van der Waals surface area contributed by atoms with Crippen LogP contribution in [0.4, 0.5) is 5.95 Å². The van der Waals surface area contributed by atoms with Gasteiger partial charge in [-0.2, -0.15) is 4.98 Å². The van der Waals surface area contributed by atoms with Crippen LogP contribution in [0.15, 0.2) is 20.8 Å². The summed E-state index contributed by atoms with van der Waals surface area (Å²) in [5.41, 5.74) is 1.96. The molecule has 0 unspecified atom stereocenters. The molecule has 1 fully saturated rings. The van der Waals surface area contributed by atoms with E-state index >= 15 is 0 Å². The SMILES string of the molecule is Cc1cc(C)nc(SCCn2c(N3CCOCC3)nc3c2c(=O)n(C)c(=O)n3C)n1. The molecule has 4 heterocycles. The van der Waals surface area contributed by atoms with E-state index in [9.17, 15) is 9.59 Å². The average molecular weight is 432 g/mol. The van der Waals surface area contributed by atoms with Crippen molar-refractivity contribution in [3.8, 4) is 0 Å². The Morgan fingerprint density at radius 3 is 2.37 bits per heavy atom. The van der Waals surface area contributed by atoms with E-state index in [1.54, 1.807) is 7.05 Å². The van der Waals surface area contributed by atoms with Gasteiger partial charge in [0.1, 0.15) is 0 Å². The molecule has 10 nitrogen and oxygen atoms in total. The summed E-state index contributed by atoms with van der Waals surface area (Å²) in [4.78, 5) is 41.1. The molecule has 0 spiro atoms. The van der Waals surface area contributed by atoms with Crippen molar-refractivity contribution in [3.05, 3.63) is 38.3 Å². The summed E-state index contributed by atoms with van der Waals surface area (Å²) in [6.45, 7) is 7.01. The maximum atomic E-state index is 13.0. The van der Waals surface area contributed by atoms with Gasteiger partial charge in [0.25, 0.3) is 5.56 Å². The second-order valence-corrected chi connectivity index (χ2v) is 8.38. The van der Waals surface area contributed by atoms with Gasteiger partial charge in [0.2, 0.25) is 5.95 Å². The first-order valence-corrected chi connectivity index (χ1v) is 10.8. The molecular weight excluding hydrogens is 406 g/mol. The fourth-order valence-electron chi connectivity index (χ4n) is 3.64. The molecule has 0 aromatic carbocycles. The molecule has 0 radical (unpaired) electrons. The number of hydrogen-bond donors (Lipinski definition) is 0. The van der Waals surface area contributed by atoms with Gasteiger partial charge >= 0.3 is 5.69 Å². The molecule has 0 bridgehead atoms. The first-order valence-electron chi connectivity index (χ1n) is 9.81. The number of thioether (sulfide) groups is 1. The van der Waals surface area contributed by atoms with E-state index < -0.39 is 0 Å². The molecule has 160 valence electrons. The van der Waals surface area contributed by atoms with Crippen LogP contribution in [0.3, 0.4) is 0 Å². The fourth-order valence-corrected chi connectivity index (χ4v) is 4.51. The van der Waals surface area contributed by atoms with Crippen molar-refractivity contribution in [2.24, 2.45) is 14.1 Å². The Hall–Kier alpha value is -2.66. The van der Waals surface area contributed by atoms with Gasteiger partial charge in [-0.1, -0.05) is 11.8 Å². The minimum atomic E-state index is -0.385. The number of fused-ring (bicyclic) bond motifs is 1. The van der Waals surface area contributed by atoms with Crippen LogP contribution < -0.4 is 16.1 Å². The Morgan fingerprint density at radius 2 is 1.70 bits per heavy atom. The first-order chi connectivity index (χ1) is 14.4. The minimum absolute atomic E-state index is 0.340. The molecule has 4 rings (SSSR count). The smallest absolute Gasteiger partial charge is 0.332 e. The summed E-state index contributed by atoms with van der Waals surface area (Å²) in [6, 6.07) is 1.94. The van der Waals surface area contributed by atoms with Crippen LogP contribution in [-0.4, -0.2) is 60.7 Å². The molecule has 3 aromatic rings. The highest BCUT2D eigenvalue weighted by molar-refractivity contribution is 7.99. The van der Waals surface area contributed by atoms with Crippen LogP contribution in [0.1, 0.15) is 11.4 Å². The van der Waals surface area contributed by atoms with Crippen molar-refractivity contribution >= 4 is 28.9 Å². The Kier molecular flexibility index (Phi) is 5.65. The number of aryl methyl sites for hydroxylation is 4. The zero-order chi connectivity index (χ0) is 21.4. The van der Waals surface area contributed by atoms with Crippen molar-refractivity contribution in [1.82, 2.24) is 28.7 Å². The number of ether oxygens (including phenoxy) is 1. The first kappa shape index (κ1) is 20.6. The van der Waals surface area contributed by atoms with E-state index in [4.69, 9.17) is 9.72 Å². The second-order valence-electron chi connectivity index (χ2n) is 7.32. The highest BCUT2D eigenvalue weighted by atomic mass is 32.2. The Bertz CT molecular complexity index is 1190. The van der Waals surface area contributed by atoms with E-state index in [2.05, 4.69) is 14.9 Å². The maximum Gasteiger partial charge on any atom is 0.332 e. The molecule has 11 heteroatoms. The summed E-state index contributed by atoms with van der Waals surface area (Å²) < 4.78 is 9.93. The summed E-state index contributed by atoms with van der Waals surface area (Å²) in [7, 11) is 3.14. The number of morpholine rings is 1. The van der Waals surface area contributed by atoms with Crippen molar-refractivity contribution < 1.29 is 4.74 Å². The third kappa shape index (κ3) is 3.74. The molecular formula is C19H25N7O3S. The quantitative estimate of drug-likeness (QED) is 0.425. The van der Waals surface area contributed by atoms with E-state index in [0.29, 0.717) is 60.9 Å². The van der Waals surface area contributed by atoms with E-state index in [1.807, 2.05) is 24.5 Å². The van der Waals surface area contributed by atoms with Gasteiger partial charge in [0.15, 0.2) is 16.3 Å². The summed E-state index contributed by atoms with van der Waals surface area (Å²) in [6.07, 6.45) is 0. The van der Waals surface area contributed by atoms with Crippen molar-refractivity contribution in [3.63, 3.8) is 0 Å². The van der Waals surface area contributed by atoms with Gasteiger partial charge in [0.05, 0.1) is 13.2 Å². The van der Waals surface area contributed by atoms with Crippen LogP contribution in [-0.2, 0) is 25.4 Å². The zero-order valence-electron chi connectivity index (χ0n) is 17.6. The average Bonchev–Trinajstić information content (AvgIpc) is 3.10. The molecule has 0 N–H and O–H groups in total. The lowest BCUT2D eigenvalue weighted by atomic mass is 10.4. The van der Waals surface area contributed by atoms with Gasteiger partial charge < -0.3 is 14.2 Å². The molecule has 0 atom stereocenters. The van der Waals surface area contributed by atoms with E-state index in [-0.39, 0.29) is 11.2 Å². The molecule has 30 heavy (non-hydrogen) atoms. The molecule has 0 amide bonds. The molecule has 1 saturated heterocycles. The number of imidazole rings is 1. The molecule has 1 aliphatic rings. The molecule has 0 aliphatic carbocycles. The lowest BCUT2D eigenvalue weighted by Crippen LogP contribution is -2.38. The number of aromatic nitrogens is 6. The van der Waals surface area contributed by atoms with Crippen LogP contribution in [0.5, 0.6) is 0 Å². The summed E-state index contributed by atoms with van der Waals surface area (Å²) in [5, 5.41) is 0.713. The predicted octanol–water partition coefficient (Wildman–Crippen LogP) is 0.469. The standard InChI is InChI=1S/C19H25N7O3S/c1-12-11-13(2)21-17(20-12)30-10-7-26-14-15(23(3)19(28)24(4)16(14)27)22-18(26)25-5-8-29-9-6-25/h11H,5-10H2,1-4H3. The highest BCUT2D eigenvalue weighted by Crippen LogP contribution is 2.22. The Labute approximate surface area is 177 Å². The van der Waals surface area contributed by atoms with E-state index in [1.165, 1.54) is 23.4 Å². The van der Waals surface area contributed by atoms with Gasteiger partial charge in [0, 0.05) is 50.9 Å². The normalized spacial score (nSPS) is 14.6. The fraction of sp³-hybridized carbons (Fsp3) is 0.526. The van der Waals surface area contributed by atoms with Crippen LogP contribution in [0.2, 0.25) is 0 Å². The van der Waals surface area contributed by atoms with Gasteiger partial charge in [-0.05, 0) is 19.9 Å². The van der Waals surface area contributed by atoms with Gasteiger partial charge in [-0.15, -0.1) is 0 Å². The molecule has 3 aromatic heterocycles. The second kappa shape index (κ2) is 8.23. The maximum absolute atomic E-state index is 13.0. The van der Waals surface area contributed by atoms with Gasteiger partial charge in [-0.25, -0.2) is 14.8 Å². The van der Waals surface area contributed by atoms with Crippen molar-refractivity contribution in [2.75, 3.05) is 37.0 Å². The lowest BCUT2D eigenvalue weighted by Gasteiger charge is -2.28. The monoisotopic (exact) mass is 431 g/mol. The Balaban J connectivity index is 1.74. The minimum Gasteiger partial charge on any atom is -0.378 e. The largest absolute Gasteiger partial charge is 0.378 e. The third-order valence-corrected chi connectivity index (χ3v) is 5.96. The van der Waals surface area contributed by atoms with E-state index in [0.717, 1.165) is 16.0 Å². The van der Waals surface area contributed by atoms with Crippen molar-refractivity contribution in [1.29, 1.82) is 0 Å². The summed E-state index contributed by atoms with van der Waals surface area (Å²) in [5.74, 6) is 1.35. The number of nitrogens with zero attached hydrogens (tertiary/aromatic N) is 7. The Morgan fingerprint density at radius 1 is 1.03 bits per heavy atom. The molecule has 0 saturated carbocycles. The number of rotatable bonds is 5. The third-order valence-electron chi connectivity index (χ3n) is 5.13. The predicted molar refractivity (Wildman–Crippen MR) is 115 cm³/mol. The molecule has 1 aliphatic heterocycles. The highest BCUT2D eigenvalue weighted by Gasteiger charge is 2.24. The van der Waals surface area contributed by atoms with Crippen LogP contribution >= 0.6 is 11.8 Å². The topological polar surface area (TPSA) is 100 Å². The van der Waals surface area contributed by atoms with Crippen molar-refractivity contribution in [2.45, 2.75) is 25.5 Å². The zero-order valence-corrected chi connectivity index (χ0v) is 18.4.